The van der Waals surface area contributed by atoms with Crippen LogP contribution in [0.15, 0.2) is 67.4 Å². The van der Waals surface area contributed by atoms with Crippen molar-refractivity contribution < 1.29 is 14.2 Å². The first-order valence-electron chi connectivity index (χ1n) is 11.7. The third-order valence-electron chi connectivity index (χ3n) is 5.79. The summed E-state index contributed by atoms with van der Waals surface area (Å²) in [5.74, 6) is 2.54. The molecule has 4 aromatic rings. The van der Waals surface area contributed by atoms with Crippen LogP contribution in [0.1, 0.15) is 36.7 Å². The number of aromatic nitrogens is 2. The fourth-order valence-electron chi connectivity index (χ4n) is 3.91. The molecule has 5 rings (SSSR count). The van der Waals surface area contributed by atoms with E-state index in [9.17, 15) is 4.79 Å². The van der Waals surface area contributed by atoms with E-state index in [4.69, 9.17) is 30.8 Å². The second-order valence-electron chi connectivity index (χ2n) is 8.44. The largest absolute Gasteiger partial charge is 0.486 e. The molecule has 0 amide bonds. The average molecular weight is 648 g/mol. The van der Waals surface area contributed by atoms with Crippen molar-refractivity contribution in [3.8, 4) is 17.2 Å². The smallest absolute Gasteiger partial charge is 0.282 e. The van der Waals surface area contributed by atoms with Crippen LogP contribution < -0.4 is 19.8 Å². The topological polar surface area (TPSA) is 74.9 Å². The Morgan fingerprint density at radius 2 is 1.97 bits per heavy atom. The molecule has 1 aromatic heterocycles. The Hall–Kier alpha value is -2.88. The molecule has 1 aliphatic rings. The predicted octanol–water partition coefficient (Wildman–Crippen LogP) is 7.11. The van der Waals surface area contributed by atoms with Crippen molar-refractivity contribution in [3.05, 3.63) is 89.8 Å². The van der Waals surface area contributed by atoms with Crippen LogP contribution in [0.3, 0.4) is 0 Å². The number of aryl methyl sites for hydroxylation is 1. The number of fused-ring (bicyclic) bond motifs is 2. The van der Waals surface area contributed by atoms with Crippen molar-refractivity contribution in [2.45, 2.75) is 32.8 Å². The van der Waals surface area contributed by atoms with E-state index in [1.54, 1.807) is 18.3 Å². The lowest BCUT2D eigenvalue weighted by molar-refractivity contribution is 0.174. The van der Waals surface area contributed by atoms with Gasteiger partial charge in [-0.3, -0.25) is 4.79 Å². The summed E-state index contributed by atoms with van der Waals surface area (Å²) < 4.78 is 19.6. The predicted molar refractivity (Wildman–Crippen MR) is 151 cm³/mol. The zero-order chi connectivity index (χ0) is 25.9. The molecular formula is C27H22Br2ClN3O4. The molecule has 0 bridgehead atoms. The molecule has 0 aliphatic carbocycles. The van der Waals surface area contributed by atoms with Gasteiger partial charge in [-0.2, -0.15) is 9.78 Å². The van der Waals surface area contributed by atoms with Crippen molar-refractivity contribution in [2.24, 2.45) is 5.10 Å². The second kappa shape index (κ2) is 11.2. The van der Waals surface area contributed by atoms with Crippen molar-refractivity contribution in [1.29, 1.82) is 0 Å². The molecule has 0 saturated heterocycles. The van der Waals surface area contributed by atoms with Crippen LogP contribution in [0.5, 0.6) is 17.2 Å². The molecule has 0 fully saturated rings. The van der Waals surface area contributed by atoms with Gasteiger partial charge in [0.1, 0.15) is 12.4 Å². The van der Waals surface area contributed by atoms with Gasteiger partial charge >= 0.3 is 0 Å². The van der Waals surface area contributed by atoms with Gasteiger partial charge in [0.25, 0.3) is 5.56 Å². The van der Waals surface area contributed by atoms with Crippen LogP contribution in [0.4, 0.5) is 0 Å². The molecule has 0 N–H and O–H groups in total. The second-order valence-corrected chi connectivity index (χ2v) is 10.6. The molecule has 0 radical (unpaired) electrons. The lowest BCUT2D eigenvalue weighted by atomic mass is 10.2. The summed E-state index contributed by atoms with van der Waals surface area (Å²) in [6.45, 7) is 2.62. The number of nitrogens with zero attached hydrogens (tertiary/aromatic N) is 3. The number of unbranched alkanes of at least 4 members (excludes halogenated alkanes) is 1. The number of ether oxygens (including phenoxy) is 3. The maximum absolute atomic E-state index is 13.3. The summed E-state index contributed by atoms with van der Waals surface area (Å²) >= 11 is 13.5. The molecule has 0 unspecified atom stereocenters. The van der Waals surface area contributed by atoms with E-state index >= 15 is 0 Å². The summed E-state index contributed by atoms with van der Waals surface area (Å²) in [5, 5.41) is 5.41. The summed E-state index contributed by atoms with van der Waals surface area (Å²) in [6, 6.07) is 14.7. The minimum atomic E-state index is -0.220. The molecule has 1 aliphatic heterocycles. The lowest BCUT2D eigenvalue weighted by Gasteiger charge is -2.12. The SMILES string of the molecule is CCCCc1nc2ccc(Br)cc2c(=O)n1N=Cc1cc(Cl)c(OCc2ccc3c(c2)OCO3)c(Br)c1. The summed E-state index contributed by atoms with van der Waals surface area (Å²) in [7, 11) is 0. The monoisotopic (exact) mass is 645 g/mol. The van der Waals surface area contributed by atoms with Gasteiger partial charge < -0.3 is 14.2 Å². The van der Waals surface area contributed by atoms with Gasteiger partial charge in [-0.05, 0) is 75.9 Å². The van der Waals surface area contributed by atoms with Gasteiger partial charge in [0.2, 0.25) is 6.79 Å². The Labute approximate surface area is 235 Å². The average Bonchev–Trinajstić information content (AvgIpc) is 3.35. The summed E-state index contributed by atoms with van der Waals surface area (Å²) in [5.41, 5.74) is 2.06. The molecule has 3 aromatic carbocycles. The van der Waals surface area contributed by atoms with E-state index in [2.05, 4.69) is 43.9 Å². The number of hydrogen-bond acceptors (Lipinski definition) is 6. The minimum Gasteiger partial charge on any atom is -0.486 e. The van der Waals surface area contributed by atoms with Crippen molar-refractivity contribution >= 4 is 60.6 Å². The van der Waals surface area contributed by atoms with Gasteiger partial charge in [0.15, 0.2) is 17.2 Å². The van der Waals surface area contributed by atoms with E-state index in [0.29, 0.717) is 56.3 Å². The lowest BCUT2D eigenvalue weighted by Crippen LogP contribution is -2.22. The van der Waals surface area contributed by atoms with E-state index < -0.39 is 0 Å². The first kappa shape index (κ1) is 25.8. The van der Waals surface area contributed by atoms with E-state index in [1.807, 2.05) is 36.4 Å². The van der Waals surface area contributed by atoms with Crippen LogP contribution in [0.25, 0.3) is 10.9 Å². The number of rotatable bonds is 8. The highest BCUT2D eigenvalue weighted by atomic mass is 79.9. The molecule has 0 spiro atoms. The standard InChI is InChI=1S/C27H22Br2ClN3O4/c1-2-3-4-25-32-22-7-6-18(28)12-19(22)27(34)33(25)31-13-17-9-20(29)26(21(30)10-17)35-14-16-5-8-23-24(11-16)37-15-36-23/h5-13H,2-4,14-15H2,1H3. The Morgan fingerprint density at radius 3 is 2.78 bits per heavy atom. The zero-order valence-corrected chi connectivity index (χ0v) is 23.8. The first-order valence-corrected chi connectivity index (χ1v) is 13.6. The van der Waals surface area contributed by atoms with Crippen LogP contribution in [0, 0.1) is 0 Å². The van der Waals surface area contributed by atoms with Gasteiger partial charge in [0, 0.05) is 10.9 Å². The van der Waals surface area contributed by atoms with Crippen LogP contribution >= 0.6 is 43.5 Å². The quantitative estimate of drug-likeness (QED) is 0.191. The van der Waals surface area contributed by atoms with Crippen LogP contribution in [0.2, 0.25) is 5.02 Å². The normalized spacial score (nSPS) is 12.5. The number of halogens is 3. The molecule has 37 heavy (non-hydrogen) atoms. The maximum Gasteiger partial charge on any atom is 0.282 e. The number of benzene rings is 3. The molecule has 7 nitrogen and oxygen atoms in total. The molecule has 190 valence electrons. The highest BCUT2D eigenvalue weighted by Gasteiger charge is 2.15. The highest BCUT2D eigenvalue weighted by molar-refractivity contribution is 9.10. The van der Waals surface area contributed by atoms with E-state index in [1.165, 1.54) is 4.68 Å². The molecule has 0 atom stereocenters. The fraction of sp³-hybridized carbons (Fsp3) is 0.222. The van der Waals surface area contributed by atoms with Crippen LogP contribution in [-0.4, -0.2) is 22.7 Å². The Kier molecular flexibility index (Phi) is 7.83. The fourth-order valence-corrected chi connectivity index (χ4v) is 5.26. The minimum absolute atomic E-state index is 0.220. The molecule has 0 saturated carbocycles. The van der Waals surface area contributed by atoms with Crippen molar-refractivity contribution in [2.75, 3.05) is 6.79 Å². The molecular weight excluding hydrogens is 626 g/mol. The Balaban J connectivity index is 1.40. The molecule has 10 heteroatoms. The Bertz CT molecular complexity index is 1550. The Morgan fingerprint density at radius 1 is 1.14 bits per heavy atom. The first-order chi connectivity index (χ1) is 17.9. The highest BCUT2D eigenvalue weighted by Crippen LogP contribution is 2.36. The van der Waals surface area contributed by atoms with Gasteiger partial charge in [-0.1, -0.05) is 46.9 Å². The third-order valence-corrected chi connectivity index (χ3v) is 7.16. The maximum atomic E-state index is 13.3. The van der Waals surface area contributed by atoms with Crippen molar-refractivity contribution in [3.63, 3.8) is 0 Å². The summed E-state index contributed by atoms with van der Waals surface area (Å²) in [4.78, 5) is 18.0. The summed E-state index contributed by atoms with van der Waals surface area (Å²) in [6.07, 6.45) is 4.12. The van der Waals surface area contributed by atoms with Gasteiger partial charge in [-0.15, -0.1) is 0 Å². The number of hydrogen-bond donors (Lipinski definition) is 0. The van der Waals surface area contributed by atoms with E-state index in [-0.39, 0.29) is 12.4 Å². The van der Waals surface area contributed by atoms with Crippen molar-refractivity contribution in [1.82, 2.24) is 9.66 Å². The third kappa shape index (κ3) is 5.68. The molecule has 2 heterocycles. The van der Waals surface area contributed by atoms with Gasteiger partial charge in [0.05, 0.1) is 26.6 Å². The van der Waals surface area contributed by atoms with Gasteiger partial charge in [-0.25, -0.2) is 4.98 Å². The zero-order valence-electron chi connectivity index (χ0n) is 19.8. The van der Waals surface area contributed by atoms with E-state index in [0.717, 1.165) is 28.6 Å². The van der Waals surface area contributed by atoms with Crippen LogP contribution in [-0.2, 0) is 13.0 Å².